The molecule has 0 amide bonds. The monoisotopic (exact) mass is 288 g/mol. The molecular weight excluding hydrogens is 265 g/mol. The topological polar surface area (TPSA) is 15.3 Å². The standard InChI is InChI=1S/C15H23F3N2/c1-12(2)19-10-13-5-4-6-14(9-13)11-20(3)8-7-15(16,17)18/h4-6,9,12,19H,7-8,10-11H2,1-3H3. The van der Waals surface area contributed by atoms with Gasteiger partial charge in [-0.3, -0.25) is 0 Å². The fourth-order valence-electron chi connectivity index (χ4n) is 1.87. The summed E-state index contributed by atoms with van der Waals surface area (Å²) < 4.78 is 36.5. The van der Waals surface area contributed by atoms with Gasteiger partial charge in [0.15, 0.2) is 0 Å². The highest BCUT2D eigenvalue weighted by Gasteiger charge is 2.26. The molecule has 20 heavy (non-hydrogen) atoms. The van der Waals surface area contributed by atoms with Crippen LogP contribution in [0.1, 0.15) is 31.4 Å². The van der Waals surface area contributed by atoms with Gasteiger partial charge in [0.2, 0.25) is 0 Å². The Bertz CT molecular complexity index is 402. The van der Waals surface area contributed by atoms with Crippen LogP contribution in [0.15, 0.2) is 24.3 Å². The van der Waals surface area contributed by atoms with Gasteiger partial charge in [0, 0.05) is 25.7 Å². The van der Waals surface area contributed by atoms with Gasteiger partial charge in [-0.15, -0.1) is 0 Å². The van der Waals surface area contributed by atoms with Crippen molar-refractivity contribution in [2.24, 2.45) is 0 Å². The van der Waals surface area contributed by atoms with Crippen molar-refractivity contribution in [3.63, 3.8) is 0 Å². The molecular formula is C15H23F3N2. The van der Waals surface area contributed by atoms with Crippen LogP contribution in [0.2, 0.25) is 0 Å². The Labute approximate surface area is 119 Å². The van der Waals surface area contributed by atoms with Crippen LogP contribution in [0.5, 0.6) is 0 Å². The molecule has 0 aliphatic heterocycles. The Morgan fingerprint density at radius 3 is 2.45 bits per heavy atom. The van der Waals surface area contributed by atoms with Crippen molar-refractivity contribution in [1.82, 2.24) is 10.2 Å². The highest BCUT2D eigenvalue weighted by molar-refractivity contribution is 5.23. The van der Waals surface area contributed by atoms with Crippen LogP contribution in [0.3, 0.4) is 0 Å². The minimum absolute atomic E-state index is 0.0258. The molecule has 1 N–H and O–H groups in total. The number of nitrogens with zero attached hydrogens (tertiary/aromatic N) is 1. The van der Waals surface area contributed by atoms with E-state index in [0.29, 0.717) is 12.6 Å². The lowest BCUT2D eigenvalue weighted by atomic mass is 10.1. The van der Waals surface area contributed by atoms with Crippen molar-refractivity contribution < 1.29 is 13.2 Å². The minimum Gasteiger partial charge on any atom is -0.310 e. The SMILES string of the molecule is CC(C)NCc1cccc(CN(C)CCC(F)(F)F)c1. The molecule has 5 heteroatoms. The van der Waals surface area contributed by atoms with Crippen LogP contribution in [-0.4, -0.2) is 30.7 Å². The van der Waals surface area contributed by atoms with E-state index in [1.54, 1.807) is 11.9 Å². The zero-order valence-electron chi connectivity index (χ0n) is 12.3. The Balaban J connectivity index is 2.48. The number of nitrogens with one attached hydrogen (secondary N) is 1. The van der Waals surface area contributed by atoms with Gasteiger partial charge < -0.3 is 10.2 Å². The Hall–Kier alpha value is -1.07. The number of hydrogen-bond donors (Lipinski definition) is 1. The van der Waals surface area contributed by atoms with Crippen LogP contribution in [0.25, 0.3) is 0 Å². The summed E-state index contributed by atoms with van der Waals surface area (Å²) in [5.74, 6) is 0. The lowest BCUT2D eigenvalue weighted by molar-refractivity contribution is -0.137. The zero-order chi connectivity index (χ0) is 15.2. The minimum atomic E-state index is -4.09. The van der Waals surface area contributed by atoms with Gasteiger partial charge >= 0.3 is 6.18 Å². The molecule has 0 aromatic heterocycles. The summed E-state index contributed by atoms with van der Waals surface area (Å²) >= 11 is 0. The fourth-order valence-corrected chi connectivity index (χ4v) is 1.87. The van der Waals surface area contributed by atoms with Crippen molar-refractivity contribution >= 4 is 0 Å². The maximum Gasteiger partial charge on any atom is 0.390 e. The van der Waals surface area contributed by atoms with E-state index in [0.717, 1.165) is 17.7 Å². The van der Waals surface area contributed by atoms with E-state index in [1.165, 1.54) is 0 Å². The predicted molar refractivity (Wildman–Crippen MR) is 75.4 cm³/mol. The average Bonchev–Trinajstić information content (AvgIpc) is 2.34. The molecule has 0 saturated heterocycles. The Kier molecular flexibility index (Phi) is 6.49. The van der Waals surface area contributed by atoms with Gasteiger partial charge in [-0.2, -0.15) is 13.2 Å². The van der Waals surface area contributed by atoms with Gasteiger partial charge in [-0.05, 0) is 18.2 Å². The van der Waals surface area contributed by atoms with Crippen molar-refractivity contribution in [3.8, 4) is 0 Å². The second-order valence-corrected chi connectivity index (χ2v) is 5.46. The van der Waals surface area contributed by atoms with E-state index in [2.05, 4.69) is 19.2 Å². The highest BCUT2D eigenvalue weighted by Crippen LogP contribution is 2.20. The smallest absolute Gasteiger partial charge is 0.310 e. The van der Waals surface area contributed by atoms with E-state index in [1.807, 2.05) is 24.3 Å². The summed E-state index contributed by atoms with van der Waals surface area (Å²) in [6.45, 7) is 5.49. The number of rotatable bonds is 7. The third kappa shape index (κ3) is 7.50. The van der Waals surface area contributed by atoms with Crippen molar-refractivity contribution in [2.45, 2.75) is 45.6 Å². The van der Waals surface area contributed by atoms with E-state index >= 15 is 0 Å². The predicted octanol–water partition coefficient (Wildman–Crippen LogP) is 3.57. The van der Waals surface area contributed by atoms with Crippen molar-refractivity contribution in [1.29, 1.82) is 0 Å². The molecule has 1 aromatic rings. The first-order valence-corrected chi connectivity index (χ1v) is 6.83. The molecule has 0 unspecified atom stereocenters. The largest absolute Gasteiger partial charge is 0.390 e. The molecule has 0 bridgehead atoms. The average molecular weight is 288 g/mol. The normalized spacial score (nSPS) is 12.4. The van der Waals surface area contributed by atoms with Crippen LogP contribution in [0.4, 0.5) is 13.2 Å². The van der Waals surface area contributed by atoms with Gasteiger partial charge in [0.1, 0.15) is 0 Å². The first kappa shape index (κ1) is 17.0. The summed E-state index contributed by atoms with van der Waals surface area (Å²) in [6.07, 6.45) is -4.85. The molecule has 0 fully saturated rings. The maximum atomic E-state index is 12.2. The molecule has 0 spiro atoms. The molecule has 0 aliphatic carbocycles. The van der Waals surface area contributed by atoms with Gasteiger partial charge in [-0.1, -0.05) is 38.1 Å². The quantitative estimate of drug-likeness (QED) is 0.825. The molecule has 1 rings (SSSR count). The summed E-state index contributed by atoms with van der Waals surface area (Å²) in [5.41, 5.74) is 2.19. The lowest BCUT2D eigenvalue weighted by Crippen LogP contribution is -2.24. The Morgan fingerprint density at radius 1 is 1.20 bits per heavy atom. The van der Waals surface area contributed by atoms with Crippen LogP contribution in [-0.2, 0) is 13.1 Å². The third-order valence-electron chi connectivity index (χ3n) is 2.94. The molecule has 2 nitrogen and oxygen atoms in total. The number of halogens is 3. The van der Waals surface area contributed by atoms with Gasteiger partial charge in [0.05, 0.1) is 6.42 Å². The number of hydrogen-bond acceptors (Lipinski definition) is 2. The van der Waals surface area contributed by atoms with E-state index in [-0.39, 0.29) is 6.54 Å². The molecule has 0 saturated carbocycles. The lowest BCUT2D eigenvalue weighted by Gasteiger charge is -2.18. The fraction of sp³-hybridized carbons (Fsp3) is 0.600. The number of benzene rings is 1. The first-order chi connectivity index (χ1) is 9.26. The molecule has 0 aliphatic rings. The van der Waals surface area contributed by atoms with E-state index in [4.69, 9.17) is 0 Å². The summed E-state index contributed by atoms with van der Waals surface area (Å²) in [6, 6.07) is 8.37. The molecule has 0 radical (unpaired) electrons. The van der Waals surface area contributed by atoms with Crippen LogP contribution >= 0.6 is 0 Å². The maximum absolute atomic E-state index is 12.2. The molecule has 1 aromatic carbocycles. The zero-order valence-corrected chi connectivity index (χ0v) is 12.3. The van der Waals surface area contributed by atoms with E-state index < -0.39 is 12.6 Å². The number of alkyl halides is 3. The molecule has 0 heterocycles. The van der Waals surface area contributed by atoms with Gasteiger partial charge in [0.25, 0.3) is 0 Å². The van der Waals surface area contributed by atoms with Crippen molar-refractivity contribution in [3.05, 3.63) is 35.4 Å². The Morgan fingerprint density at radius 2 is 1.85 bits per heavy atom. The van der Waals surface area contributed by atoms with Crippen LogP contribution < -0.4 is 5.32 Å². The third-order valence-corrected chi connectivity index (χ3v) is 2.94. The highest BCUT2D eigenvalue weighted by atomic mass is 19.4. The van der Waals surface area contributed by atoms with Gasteiger partial charge in [-0.25, -0.2) is 0 Å². The van der Waals surface area contributed by atoms with E-state index in [9.17, 15) is 13.2 Å². The second kappa shape index (κ2) is 7.64. The molecule has 0 atom stereocenters. The van der Waals surface area contributed by atoms with Crippen molar-refractivity contribution in [2.75, 3.05) is 13.6 Å². The summed E-state index contributed by atoms with van der Waals surface area (Å²) in [5, 5.41) is 3.32. The first-order valence-electron chi connectivity index (χ1n) is 6.83. The molecule has 114 valence electrons. The van der Waals surface area contributed by atoms with Crippen LogP contribution in [0, 0.1) is 0 Å². The second-order valence-electron chi connectivity index (χ2n) is 5.46. The summed E-state index contributed by atoms with van der Waals surface area (Å²) in [4.78, 5) is 1.70. The summed E-state index contributed by atoms with van der Waals surface area (Å²) in [7, 11) is 1.71.